The molecule has 0 fully saturated rings. The van der Waals surface area contributed by atoms with Gasteiger partial charge in [-0.2, -0.15) is 13.2 Å². The van der Waals surface area contributed by atoms with Gasteiger partial charge in [0.25, 0.3) is 5.56 Å². The van der Waals surface area contributed by atoms with Crippen LogP contribution in [0.25, 0.3) is 10.2 Å². The number of carbonyl (C=O) groups excluding carboxylic acids is 1. The molecule has 2 aromatic heterocycles. The molecule has 29 heavy (non-hydrogen) atoms. The van der Waals surface area contributed by atoms with E-state index in [0.29, 0.717) is 21.6 Å². The fourth-order valence-electron chi connectivity index (χ4n) is 2.47. The number of carbonyl (C=O) groups is 1. The van der Waals surface area contributed by atoms with E-state index in [4.69, 9.17) is 0 Å². The lowest BCUT2D eigenvalue weighted by Gasteiger charge is -2.17. The molecule has 0 spiro atoms. The third-order valence-electron chi connectivity index (χ3n) is 3.87. The lowest BCUT2D eigenvalue weighted by molar-refractivity contribution is -0.153. The largest absolute Gasteiger partial charge is 0.484 e. The minimum Gasteiger partial charge on any atom is -0.484 e. The molecule has 7 nitrogen and oxygen atoms in total. The maximum absolute atomic E-state index is 12.2. The summed E-state index contributed by atoms with van der Waals surface area (Å²) in [6.45, 7) is -1.07. The molecule has 11 heteroatoms. The third-order valence-corrected chi connectivity index (χ3v) is 4.77. The van der Waals surface area contributed by atoms with Crippen LogP contribution in [0.1, 0.15) is 11.4 Å². The van der Waals surface area contributed by atoms with Crippen LogP contribution >= 0.6 is 11.3 Å². The van der Waals surface area contributed by atoms with Gasteiger partial charge >= 0.3 is 12.2 Å². The summed E-state index contributed by atoms with van der Waals surface area (Å²) in [5.74, 6) is 0.457. The maximum atomic E-state index is 12.2. The molecule has 3 rings (SSSR count). The Hall–Kier alpha value is -3.08. The summed E-state index contributed by atoms with van der Waals surface area (Å²) in [7, 11) is 1.56. The van der Waals surface area contributed by atoms with Crippen LogP contribution in [-0.2, 0) is 13.1 Å². The van der Waals surface area contributed by atoms with Gasteiger partial charge in [0.1, 0.15) is 16.3 Å². The molecule has 154 valence electrons. The smallest absolute Gasteiger partial charge is 0.422 e. The Kier molecular flexibility index (Phi) is 6.06. The number of fused-ring (bicyclic) bond motifs is 1. The van der Waals surface area contributed by atoms with Crippen molar-refractivity contribution in [3.8, 4) is 5.75 Å². The van der Waals surface area contributed by atoms with Crippen LogP contribution in [0.5, 0.6) is 5.75 Å². The number of rotatable bonds is 6. The summed E-state index contributed by atoms with van der Waals surface area (Å²) < 4.78 is 41.6. The highest BCUT2D eigenvalue weighted by Gasteiger charge is 2.28. The molecule has 2 amide bonds. The normalized spacial score (nSPS) is 11.4. The number of H-pyrrole nitrogens is 1. The highest BCUT2D eigenvalue weighted by molar-refractivity contribution is 7.17. The number of halogens is 3. The molecule has 2 N–H and O–H groups in total. The van der Waals surface area contributed by atoms with Crippen LogP contribution in [0.4, 0.5) is 18.0 Å². The van der Waals surface area contributed by atoms with E-state index >= 15 is 0 Å². The predicted molar refractivity (Wildman–Crippen MR) is 102 cm³/mol. The number of benzene rings is 1. The fourth-order valence-corrected chi connectivity index (χ4v) is 3.20. The number of hydrogen-bond donors (Lipinski definition) is 2. The Bertz CT molecular complexity index is 1050. The topological polar surface area (TPSA) is 87.3 Å². The molecule has 0 aliphatic carbocycles. The molecule has 0 saturated heterocycles. The second-order valence-electron chi connectivity index (χ2n) is 6.21. The van der Waals surface area contributed by atoms with Crippen molar-refractivity contribution < 1.29 is 22.7 Å². The number of nitrogens with zero attached hydrogens (tertiary/aromatic N) is 2. The number of nitrogens with one attached hydrogen (secondary N) is 2. The molecule has 3 aromatic rings. The average molecular weight is 426 g/mol. The standard InChI is InChI=1S/C18H17F3N4O3S/c1-25(9-14-23-13-6-7-29-15(13)16(26)24-14)17(27)22-8-11-2-4-12(5-3-11)28-10-18(19,20)21/h2-7H,8-10H2,1H3,(H,22,27)(H,23,24,26). The first-order chi connectivity index (χ1) is 13.7. The summed E-state index contributed by atoms with van der Waals surface area (Å²) in [6.07, 6.45) is -4.40. The molecule has 0 saturated carbocycles. The van der Waals surface area contributed by atoms with Crippen LogP contribution in [0.15, 0.2) is 40.5 Å². The van der Waals surface area contributed by atoms with Crippen molar-refractivity contribution in [2.24, 2.45) is 0 Å². The van der Waals surface area contributed by atoms with Crippen LogP contribution in [0.3, 0.4) is 0 Å². The Balaban J connectivity index is 1.52. The molecule has 0 aliphatic heterocycles. The lowest BCUT2D eigenvalue weighted by Crippen LogP contribution is -2.37. The number of amides is 2. The van der Waals surface area contributed by atoms with Gasteiger partial charge in [0.15, 0.2) is 6.61 Å². The van der Waals surface area contributed by atoms with Crippen LogP contribution < -0.4 is 15.6 Å². The van der Waals surface area contributed by atoms with Crippen molar-refractivity contribution in [3.63, 3.8) is 0 Å². The van der Waals surface area contributed by atoms with E-state index < -0.39 is 18.8 Å². The molecule has 0 atom stereocenters. The van der Waals surface area contributed by atoms with Gasteiger partial charge < -0.3 is 19.9 Å². The Labute approximate surface area is 167 Å². The number of aromatic amines is 1. The number of hydrogen-bond acceptors (Lipinski definition) is 5. The van der Waals surface area contributed by atoms with Crippen LogP contribution in [0, 0.1) is 0 Å². The zero-order chi connectivity index (χ0) is 21.0. The second kappa shape index (κ2) is 8.52. The first-order valence-corrected chi connectivity index (χ1v) is 9.33. The van der Waals surface area contributed by atoms with E-state index in [1.165, 1.54) is 28.4 Å². The predicted octanol–water partition coefficient (Wildman–Crippen LogP) is 3.27. The van der Waals surface area contributed by atoms with Gasteiger partial charge in [-0.3, -0.25) is 4.79 Å². The summed E-state index contributed by atoms with van der Waals surface area (Å²) in [5.41, 5.74) is 1.02. The van der Waals surface area contributed by atoms with E-state index in [9.17, 15) is 22.8 Å². The number of thiophene rings is 1. The van der Waals surface area contributed by atoms with Crippen molar-refractivity contribution in [1.82, 2.24) is 20.2 Å². The Morgan fingerprint density at radius 2 is 2.00 bits per heavy atom. The average Bonchev–Trinajstić information content (AvgIpc) is 3.14. The molecular formula is C18H17F3N4O3S. The monoisotopic (exact) mass is 426 g/mol. The van der Waals surface area contributed by atoms with Gasteiger partial charge in [-0.15, -0.1) is 11.3 Å². The third kappa shape index (κ3) is 5.70. The summed E-state index contributed by atoms with van der Waals surface area (Å²) in [6, 6.07) is 7.28. The van der Waals surface area contributed by atoms with E-state index in [2.05, 4.69) is 20.0 Å². The van der Waals surface area contributed by atoms with Crippen LogP contribution in [-0.4, -0.2) is 40.7 Å². The van der Waals surface area contributed by atoms with Crippen molar-refractivity contribution >= 4 is 27.6 Å². The number of urea groups is 1. The Morgan fingerprint density at radius 3 is 2.69 bits per heavy atom. The lowest BCUT2D eigenvalue weighted by atomic mass is 10.2. The van der Waals surface area contributed by atoms with Gasteiger partial charge in [-0.1, -0.05) is 12.1 Å². The molecule has 0 unspecified atom stereocenters. The number of alkyl halides is 3. The highest BCUT2D eigenvalue weighted by atomic mass is 32.1. The first kappa shape index (κ1) is 20.6. The summed E-state index contributed by atoms with van der Waals surface area (Å²) >= 11 is 1.29. The van der Waals surface area contributed by atoms with E-state index in [0.717, 1.165) is 0 Å². The minimum absolute atomic E-state index is 0.0911. The van der Waals surface area contributed by atoms with E-state index in [1.807, 2.05) is 0 Å². The molecule has 0 aliphatic rings. The van der Waals surface area contributed by atoms with Gasteiger partial charge in [0.2, 0.25) is 0 Å². The van der Waals surface area contributed by atoms with E-state index in [1.54, 1.807) is 30.6 Å². The van der Waals surface area contributed by atoms with E-state index in [-0.39, 0.29) is 24.4 Å². The van der Waals surface area contributed by atoms with Crippen molar-refractivity contribution in [2.75, 3.05) is 13.7 Å². The molecule has 2 heterocycles. The summed E-state index contributed by atoms with van der Waals surface area (Å²) in [4.78, 5) is 32.6. The quantitative estimate of drug-likeness (QED) is 0.633. The fraction of sp³-hybridized carbons (Fsp3) is 0.278. The highest BCUT2D eigenvalue weighted by Crippen LogP contribution is 2.19. The van der Waals surface area contributed by atoms with Gasteiger partial charge in [-0.25, -0.2) is 9.78 Å². The molecule has 1 aromatic carbocycles. The minimum atomic E-state index is -4.40. The van der Waals surface area contributed by atoms with Crippen molar-refractivity contribution in [1.29, 1.82) is 0 Å². The zero-order valence-electron chi connectivity index (χ0n) is 15.2. The van der Waals surface area contributed by atoms with Gasteiger partial charge in [0.05, 0.1) is 12.1 Å². The van der Waals surface area contributed by atoms with Crippen molar-refractivity contribution in [2.45, 2.75) is 19.3 Å². The molecule has 0 bridgehead atoms. The maximum Gasteiger partial charge on any atom is 0.422 e. The van der Waals surface area contributed by atoms with Crippen molar-refractivity contribution in [3.05, 3.63) is 57.5 Å². The Morgan fingerprint density at radius 1 is 1.28 bits per heavy atom. The molecular weight excluding hydrogens is 409 g/mol. The zero-order valence-corrected chi connectivity index (χ0v) is 16.1. The summed E-state index contributed by atoms with van der Waals surface area (Å²) in [5, 5.41) is 4.46. The molecule has 0 radical (unpaired) electrons. The van der Waals surface area contributed by atoms with Gasteiger partial charge in [0, 0.05) is 13.6 Å². The van der Waals surface area contributed by atoms with Gasteiger partial charge in [-0.05, 0) is 29.1 Å². The number of ether oxygens (including phenoxy) is 1. The second-order valence-corrected chi connectivity index (χ2v) is 7.13. The SMILES string of the molecule is CN(Cc1nc2ccsc2c(=O)[nH]1)C(=O)NCc1ccc(OCC(F)(F)F)cc1. The first-order valence-electron chi connectivity index (χ1n) is 8.45. The number of aromatic nitrogens is 2. The van der Waals surface area contributed by atoms with Crippen LogP contribution in [0.2, 0.25) is 0 Å².